The number of piperidine rings is 1. The standard InChI is InChI=1S/C20H27ClN4O2/c1-23(9-10-27-2)19-12-20(26)25(22-13-19)18-7-4-8-24(15-18)14-16-5-3-6-17(21)11-16/h3,5-6,11-13,18H,4,7-10,14-15H2,1-2H3/t18-/m0/s1. The van der Waals surface area contributed by atoms with Crippen LogP contribution in [0.1, 0.15) is 24.4 Å². The van der Waals surface area contributed by atoms with Gasteiger partial charge in [0.1, 0.15) is 0 Å². The number of anilines is 1. The number of methoxy groups -OCH3 is 1. The van der Waals surface area contributed by atoms with E-state index in [4.69, 9.17) is 16.3 Å². The van der Waals surface area contributed by atoms with Crippen LogP contribution in [0.4, 0.5) is 5.69 Å². The SMILES string of the molecule is COCCN(C)c1cnn([C@H]2CCCN(Cc3cccc(Cl)c3)C2)c(=O)c1. The van der Waals surface area contributed by atoms with E-state index in [1.165, 1.54) is 5.56 Å². The van der Waals surface area contributed by atoms with Gasteiger partial charge in [-0.15, -0.1) is 0 Å². The minimum atomic E-state index is -0.0497. The first-order chi connectivity index (χ1) is 13.1. The Balaban J connectivity index is 1.67. The molecule has 146 valence electrons. The molecule has 1 aromatic carbocycles. The molecule has 2 heterocycles. The molecular weight excluding hydrogens is 364 g/mol. The van der Waals surface area contributed by atoms with Crippen molar-refractivity contribution in [2.24, 2.45) is 0 Å². The van der Waals surface area contributed by atoms with Gasteiger partial charge in [0.15, 0.2) is 0 Å². The number of nitrogens with zero attached hydrogens (tertiary/aromatic N) is 4. The van der Waals surface area contributed by atoms with E-state index in [9.17, 15) is 4.79 Å². The monoisotopic (exact) mass is 390 g/mol. The third kappa shape index (κ3) is 5.31. The summed E-state index contributed by atoms with van der Waals surface area (Å²) in [5.74, 6) is 0. The molecule has 0 unspecified atom stereocenters. The zero-order valence-electron chi connectivity index (χ0n) is 16.0. The summed E-state index contributed by atoms with van der Waals surface area (Å²) in [5, 5.41) is 5.22. The Kier molecular flexibility index (Phi) is 6.88. The van der Waals surface area contributed by atoms with Gasteiger partial charge in [-0.2, -0.15) is 5.10 Å². The number of ether oxygens (including phenoxy) is 1. The third-order valence-electron chi connectivity index (χ3n) is 5.00. The highest BCUT2D eigenvalue weighted by atomic mass is 35.5. The molecule has 1 aliphatic heterocycles. The van der Waals surface area contributed by atoms with Crippen LogP contribution >= 0.6 is 11.6 Å². The molecule has 0 radical (unpaired) electrons. The lowest BCUT2D eigenvalue weighted by Crippen LogP contribution is -2.40. The van der Waals surface area contributed by atoms with Gasteiger partial charge >= 0.3 is 0 Å². The van der Waals surface area contributed by atoms with Crippen LogP contribution in [0.5, 0.6) is 0 Å². The minimum absolute atomic E-state index is 0.0497. The highest BCUT2D eigenvalue weighted by molar-refractivity contribution is 6.30. The Bertz CT molecular complexity index is 811. The van der Waals surface area contributed by atoms with E-state index in [1.54, 1.807) is 24.1 Å². The zero-order chi connectivity index (χ0) is 19.2. The van der Waals surface area contributed by atoms with E-state index in [0.29, 0.717) is 6.61 Å². The van der Waals surface area contributed by atoms with Crippen molar-refractivity contribution in [1.29, 1.82) is 0 Å². The van der Waals surface area contributed by atoms with Crippen LogP contribution in [0.3, 0.4) is 0 Å². The minimum Gasteiger partial charge on any atom is -0.383 e. The van der Waals surface area contributed by atoms with Crippen molar-refractivity contribution in [2.75, 3.05) is 45.3 Å². The van der Waals surface area contributed by atoms with E-state index < -0.39 is 0 Å². The normalized spacial score (nSPS) is 17.8. The molecule has 3 rings (SSSR count). The summed E-state index contributed by atoms with van der Waals surface area (Å²) in [6.45, 7) is 4.01. The lowest BCUT2D eigenvalue weighted by molar-refractivity contribution is 0.160. The number of aromatic nitrogens is 2. The molecule has 0 bridgehead atoms. The van der Waals surface area contributed by atoms with Gasteiger partial charge in [0.2, 0.25) is 0 Å². The van der Waals surface area contributed by atoms with Gasteiger partial charge in [0, 0.05) is 44.9 Å². The van der Waals surface area contributed by atoms with Gasteiger partial charge in [0.25, 0.3) is 5.56 Å². The number of benzene rings is 1. The Hall–Kier alpha value is -1.89. The maximum atomic E-state index is 12.6. The molecule has 0 saturated carbocycles. The van der Waals surface area contributed by atoms with Crippen molar-refractivity contribution < 1.29 is 4.74 Å². The summed E-state index contributed by atoms with van der Waals surface area (Å²) < 4.78 is 6.73. The fourth-order valence-electron chi connectivity index (χ4n) is 3.52. The van der Waals surface area contributed by atoms with Crippen LogP contribution < -0.4 is 10.5 Å². The van der Waals surface area contributed by atoms with Crippen molar-refractivity contribution in [3.8, 4) is 0 Å². The highest BCUT2D eigenvalue weighted by Crippen LogP contribution is 2.22. The topological polar surface area (TPSA) is 50.6 Å². The molecule has 1 saturated heterocycles. The molecule has 1 aromatic heterocycles. The molecule has 0 aliphatic carbocycles. The fraction of sp³-hybridized carbons (Fsp3) is 0.500. The second kappa shape index (κ2) is 9.35. The summed E-state index contributed by atoms with van der Waals surface area (Å²) in [5.41, 5.74) is 1.96. The van der Waals surface area contributed by atoms with Crippen molar-refractivity contribution in [3.05, 3.63) is 57.5 Å². The first-order valence-corrected chi connectivity index (χ1v) is 9.70. The molecule has 6 nitrogen and oxygen atoms in total. The second-order valence-corrected chi connectivity index (χ2v) is 7.51. The maximum Gasteiger partial charge on any atom is 0.269 e. The predicted molar refractivity (Wildman–Crippen MR) is 109 cm³/mol. The Morgan fingerprint density at radius 3 is 2.96 bits per heavy atom. The number of likely N-dealkylation sites (tertiary alicyclic amines) is 1. The average molecular weight is 391 g/mol. The van der Waals surface area contributed by atoms with Crippen molar-refractivity contribution in [3.63, 3.8) is 0 Å². The van der Waals surface area contributed by atoms with Crippen LogP contribution in [0.2, 0.25) is 5.02 Å². The molecule has 27 heavy (non-hydrogen) atoms. The quantitative estimate of drug-likeness (QED) is 0.727. The average Bonchev–Trinajstić information content (AvgIpc) is 2.66. The second-order valence-electron chi connectivity index (χ2n) is 7.07. The van der Waals surface area contributed by atoms with Crippen LogP contribution in [0, 0.1) is 0 Å². The van der Waals surface area contributed by atoms with E-state index in [0.717, 1.165) is 49.7 Å². The maximum absolute atomic E-state index is 12.6. The molecule has 1 atom stereocenters. The molecule has 1 fully saturated rings. The molecule has 1 aliphatic rings. The number of halogens is 1. The zero-order valence-corrected chi connectivity index (χ0v) is 16.7. The summed E-state index contributed by atoms with van der Waals surface area (Å²) in [4.78, 5) is 17.0. The largest absolute Gasteiger partial charge is 0.383 e. The smallest absolute Gasteiger partial charge is 0.269 e. The van der Waals surface area contributed by atoms with Crippen molar-refractivity contribution in [1.82, 2.24) is 14.7 Å². The molecule has 0 N–H and O–H groups in total. The van der Waals surface area contributed by atoms with Crippen molar-refractivity contribution in [2.45, 2.75) is 25.4 Å². The van der Waals surface area contributed by atoms with E-state index in [-0.39, 0.29) is 11.6 Å². The number of hydrogen-bond acceptors (Lipinski definition) is 5. The summed E-state index contributed by atoms with van der Waals surface area (Å²) in [7, 11) is 3.61. The van der Waals surface area contributed by atoms with Crippen LogP contribution in [-0.4, -0.2) is 55.1 Å². The van der Waals surface area contributed by atoms with E-state index in [1.807, 2.05) is 30.1 Å². The van der Waals surface area contributed by atoms with Crippen molar-refractivity contribution >= 4 is 17.3 Å². The van der Waals surface area contributed by atoms with Crippen LogP contribution in [-0.2, 0) is 11.3 Å². The fourth-order valence-corrected chi connectivity index (χ4v) is 3.73. The predicted octanol–water partition coefficient (Wildman–Crippen LogP) is 2.82. The summed E-state index contributed by atoms with van der Waals surface area (Å²) in [6, 6.07) is 9.72. The molecule has 0 spiro atoms. The molecule has 7 heteroatoms. The molecule has 2 aromatic rings. The van der Waals surface area contributed by atoms with E-state index >= 15 is 0 Å². The highest BCUT2D eigenvalue weighted by Gasteiger charge is 2.23. The van der Waals surface area contributed by atoms with Gasteiger partial charge in [-0.25, -0.2) is 4.68 Å². The van der Waals surface area contributed by atoms with Crippen LogP contribution in [0.15, 0.2) is 41.3 Å². The molecular formula is C20H27ClN4O2. The van der Waals surface area contributed by atoms with Crippen LogP contribution in [0.25, 0.3) is 0 Å². The number of likely N-dealkylation sites (N-methyl/N-ethyl adjacent to an activating group) is 1. The van der Waals surface area contributed by atoms with Gasteiger partial charge in [0.05, 0.1) is 24.5 Å². The Morgan fingerprint density at radius 1 is 1.37 bits per heavy atom. The van der Waals surface area contributed by atoms with E-state index in [2.05, 4.69) is 16.1 Å². The lowest BCUT2D eigenvalue weighted by atomic mass is 10.0. The van der Waals surface area contributed by atoms with Gasteiger partial charge < -0.3 is 9.64 Å². The Morgan fingerprint density at radius 2 is 2.22 bits per heavy atom. The van der Waals surface area contributed by atoms with Gasteiger partial charge in [-0.1, -0.05) is 23.7 Å². The molecule has 0 amide bonds. The number of hydrogen-bond donors (Lipinski definition) is 0. The third-order valence-corrected chi connectivity index (χ3v) is 5.24. The van der Waals surface area contributed by atoms with Gasteiger partial charge in [-0.05, 0) is 37.1 Å². The summed E-state index contributed by atoms with van der Waals surface area (Å²) >= 11 is 6.09. The lowest BCUT2D eigenvalue weighted by Gasteiger charge is -2.33. The summed E-state index contributed by atoms with van der Waals surface area (Å²) in [6.07, 6.45) is 3.79. The van der Waals surface area contributed by atoms with Gasteiger partial charge in [-0.3, -0.25) is 9.69 Å². The first kappa shape index (κ1) is 19.9. The first-order valence-electron chi connectivity index (χ1n) is 9.32. The Labute approximate surface area is 165 Å². The number of rotatable bonds is 7.